The Kier molecular flexibility index (Phi) is 3.26. The van der Waals surface area contributed by atoms with Gasteiger partial charge in [0.1, 0.15) is 6.04 Å². The van der Waals surface area contributed by atoms with E-state index < -0.39 is 0 Å². The van der Waals surface area contributed by atoms with E-state index in [-0.39, 0.29) is 18.5 Å². The smallest absolute Gasteiger partial charge is 0.245 e. The molecule has 1 amide bonds. The van der Waals surface area contributed by atoms with Gasteiger partial charge in [-0.1, -0.05) is 5.16 Å². The van der Waals surface area contributed by atoms with Gasteiger partial charge in [0.15, 0.2) is 5.82 Å². The number of piperazine rings is 1. The number of hydrogen-bond donors (Lipinski definition) is 2. The summed E-state index contributed by atoms with van der Waals surface area (Å²) >= 11 is 1.60. The summed E-state index contributed by atoms with van der Waals surface area (Å²) in [6.45, 7) is 2.70. The topological polar surface area (TPSA) is 92.9 Å². The lowest BCUT2D eigenvalue weighted by Gasteiger charge is -2.20. The molecule has 0 radical (unpaired) electrons. The van der Waals surface area contributed by atoms with E-state index >= 15 is 0 Å². The van der Waals surface area contributed by atoms with Crippen LogP contribution in [-0.4, -0.2) is 34.1 Å². The van der Waals surface area contributed by atoms with Crippen LogP contribution in [0.2, 0.25) is 0 Å². The molecule has 100 valence electrons. The van der Waals surface area contributed by atoms with Crippen molar-refractivity contribution in [3.8, 4) is 0 Å². The van der Waals surface area contributed by atoms with Gasteiger partial charge in [-0.2, -0.15) is 4.98 Å². The van der Waals surface area contributed by atoms with E-state index in [4.69, 9.17) is 4.52 Å². The van der Waals surface area contributed by atoms with Crippen LogP contribution < -0.4 is 10.6 Å². The molecule has 1 fully saturated rings. The quantitative estimate of drug-likeness (QED) is 0.833. The number of rotatable bonds is 3. The van der Waals surface area contributed by atoms with Gasteiger partial charge in [-0.3, -0.25) is 10.1 Å². The minimum Gasteiger partial charge on any atom is -0.353 e. The van der Waals surface area contributed by atoms with Gasteiger partial charge in [0.25, 0.3) is 0 Å². The summed E-state index contributed by atoms with van der Waals surface area (Å²) in [5.74, 6) is 1.09. The Morgan fingerprint density at radius 1 is 1.53 bits per heavy atom. The molecule has 2 N–H and O–H groups in total. The van der Waals surface area contributed by atoms with Crippen LogP contribution in [-0.2, 0) is 11.2 Å². The Balaban J connectivity index is 1.67. The second kappa shape index (κ2) is 5.06. The first-order chi connectivity index (χ1) is 9.20. The number of aromatic nitrogens is 3. The van der Waals surface area contributed by atoms with Gasteiger partial charge in [0, 0.05) is 11.9 Å². The maximum absolute atomic E-state index is 11.0. The average molecular weight is 279 g/mol. The highest BCUT2D eigenvalue weighted by Crippen LogP contribution is 2.15. The van der Waals surface area contributed by atoms with E-state index in [1.54, 1.807) is 11.3 Å². The van der Waals surface area contributed by atoms with Crippen LogP contribution in [0.15, 0.2) is 9.90 Å². The molecule has 0 aliphatic carbocycles. The largest absolute Gasteiger partial charge is 0.353 e. The normalized spacial score (nSPS) is 19.4. The standard InChI is InChI=1S/C11H13N5O2S/c1-6-14-7(5-19-6)2-9-15-11(18-16-9)8-3-13-10(17)4-12-8/h5,8,12H,2-4H2,1H3,(H,13,17). The Morgan fingerprint density at radius 3 is 3.11 bits per heavy atom. The summed E-state index contributed by atoms with van der Waals surface area (Å²) in [5.41, 5.74) is 0.944. The molecule has 0 bridgehead atoms. The van der Waals surface area contributed by atoms with Crippen LogP contribution in [0.5, 0.6) is 0 Å². The molecule has 2 aromatic heterocycles. The van der Waals surface area contributed by atoms with E-state index in [0.717, 1.165) is 10.7 Å². The number of carbonyl (C=O) groups excluding carboxylic acids is 1. The highest BCUT2D eigenvalue weighted by atomic mass is 32.1. The van der Waals surface area contributed by atoms with Crippen LogP contribution in [0, 0.1) is 6.92 Å². The summed E-state index contributed by atoms with van der Waals surface area (Å²) in [5, 5.41) is 12.8. The summed E-state index contributed by atoms with van der Waals surface area (Å²) in [7, 11) is 0. The SMILES string of the molecule is Cc1nc(Cc2noc(C3CNC(=O)CN3)n2)cs1. The molecule has 0 saturated carbocycles. The number of aryl methyl sites for hydroxylation is 1. The molecule has 3 heterocycles. The maximum Gasteiger partial charge on any atom is 0.245 e. The summed E-state index contributed by atoms with van der Waals surface area (Å²) in [4.78, 5) is 19.7. The minimum atomic E-state index is -0.115. The molecular weight excluding hydrogens is 266 g/mol. The van der Waals surface area contributed by atoms with Crippen molar-refractivity contribution >= 4 is 17.2 Å². The maximum atomic E-state index is 11.0. The van der Waals surface area contributed by atoms with Crippen molar-refractivity contribution < 1.29 is 9.32 Å². The summed E-state index contributed by atoms with van der Waals surface area (Å²) in [6.07, 6.45) is 0.562. The third-order valence-corrected chi connectivity index (χ3v) is 3.62. The van der Waals surface area contributed by atoms with Gasteiger partial charge in [-0.15, -0.1) is 11.3 Å². The monoisotopic (exact) mass is 279 g/mol. The van der Waals surface area contributed by atoms with Crippen LogP contribution in [0.3, 0.4) is 0 Å². The van der Waals surface area contributed by atoms with E-state index in [1.807, 2.05) is 12.3 Å². The molecule has 2 aromatic rings. The fourth-order valence-electron chi connectivity index (χ4n) is 1.87. The minimum absolute atomic E-state index is 0.0195. The fourth-order valence-corrected chi connectivity index (χ4v) is 2.49. The van der Waals surface area contributed by atoms with Crippen molar-refractivity contribution in [2.45, 2.75) is 19.4 Å². The number of hydrogen-bond acceptors (Lipinski definition) is 7. The molecule has 0 aromatic carbocycles. The zero-order chi connectivity index (χ0) is 13.2. The van der Waals surface area contributed by atoms with E-state index in [0.29, 0.717) is 24.7 Å². The first kappa shape index (κ1) is 12.2. The zero-order valence-corrected chi connectivity index (χ0v) is 11.2. The van der Waals surface area contributed by atoms with E-state index in [1.165, 1.54) is 0 Å². The van der Waals surface area contributed by atoms with Gasteiger partial charge < -0.3 is 9.84 Å². The van der Waals surface area contributed by atoms with Crippen molar-refractivity contribution in [3.05, 3.63) is 27.8 Å². The van der Waals surface area contributed by atoms with Crippen molar-refractivity contribution in [2.75, 3.05) is 13.1 Å². The van der Waals surface area contributed by atoms with E-state index in [9.17, 15) is 4.79 Å². The number of thiazole rings is 1. The van der Waals surface area contributed by atoms with Gasteiger partial charge in [-0.25, -0.2) is 4.98 Å². The average Bonchev–Trinajstić information content (AvgIpc) is 3.00. The first-order valence-corrected chi connectivity index (χ1v) is 6.82. The molecule has 7 nitrogen and oxygen atoms in total. The second-order valence-corrected chi connectivity index (χ2v) is 5.38. The molecule has 1 aliphatic rings. The van der Waals surface area contributed by atoms with Gasteiger partial charge in [0.05, 0.1) is 23.7 Å². The number of nitrogens with one attached hydrogen (secondary N) is 2. The number of carbonyl (C=O) groups is 1. The lowest BCUT2D eigenvalue weighted by Crippen LogP contribution is -2.47. The Labute approximate surface area is 113 Å². The lowest BCUT2D eigenvalue weighted by molar-refractivity contribution is -0.121. The Bertz CT molecular complexity index is 583. The predicted molar refractivity (Wildman–Crippen MR) is 67.7 cm³/mol. The molecular formula is C11H13N5O2S. The zero-order valence-electron chi connectivity index (χ0n) is 10.3. The van der Waals surface area contributed by atoms with Gasteiger partial charge >= 0.3 is 0 Å². The summed E-state index contributed by atoms with van der Waals surface area (Å²) < 4.78 is 5.22. The fraction of sp³-hybridized carbons (Fsp3) is 0.455. The van der Waals surface area contributed by atoms with Crippen molar-refractivity contribution in [3.63, 3.8) is 0 Å². The van der Waals surface area contributed by atoms with Crippen molar-refractivity contribution in [1.29, 1.82) is 0 Å². The van der Waals surface area contributed by atoms with Crippen LogP contribution in [0.1, 0.15) is 28.5 Å². The molecule has 1 atom stereocenters. The molecule has 19 heavy (non-hydrogen) atoms. The van der Waals surface area contributed by atoms with Crippen LogP contribution in [0.25, 0.3) is 0 Å². The molecule has 1 aliphatic heterocycles. The molecule has 1 saturated heterocycles. The lowest BCUT2D eigenvalue weighted by atomic mass is 10.2. The summed E-state index contributed by atoms with van der Waals surface area (Å²) in [6, 6.07) is -0.115. The van der Waals surface area contributed by atoms with Crippen molar-refractivity contribution in [1.82, 2.24) is 25.8 Å². The Morgan fingerprint density at radius 2 is 2.42 bits per heavy atom. The second-order valence-electron chi connectivity index (χ2n) is 4.32. The predicted octanol–water partition coefficient (Wildman–Crippen LogP) is 0.186. The van der Waals surface area contributed by atoms with Gasteiger partial charge in [-0.05, 0) is 6.92 Å². The first-order valence-electron chi connectivity index (χ1n) is 5.94. The third-order valence-electron chi connectivity index (χ3n) is 2.80. The molecule has 8 heteroatoms. The Hall–Kier alpha value is -1.80. The molecule has 0 spiro atoms. The van der Waals surface area contributed by atoms with E-state index in [2.05, 4.69) is 25.8 Å². The van der Waals surface area contributed by atoms with Crippen LogP contribution in [0.4, 0.5) is 0 Å². The van der Waals surface area contributed by atoms with Crippen LogP contribution >= 0.6 is 11.3 Å². The number of amides is 1. The highest BCUT2D eigenvalue weighted by molar-refractivity contribution is 7.09. The van der Waals surface area contributed by atoms with Gasteiger partial charge in [0.2, 0.25) is 11.8 Å². The van der Waals surface area contributed by atoms with Crippen molar-refractivity contribution in [2.24, 2.45) is 0 Å². The molecule has 1 unspecified atom stereocenters. The highest BCUT2D eigenvalue weighted by Gasteiger charge is 2.24. The number of nitrogens with zero attached hydrogens (tertiary/aromatic N) is 3. The third kappa shape index (κ3) is 2.79. The molecule has 3 rings (SSSR count).